The number of rotatable bonds is 5. The molecule has 0 aliphatic carbocycles. The van der Waals surface area contributed by atoms with Crippen LogP contribution < -0.4 is 10.6 Å². The number of aromatic nitrogens is 2. The van der Waals surface area contributed by atoms with E-state index in [9.17, 15) is 4.79 Å². The molecule has 0 spiro atoms. The number of hydrogen-bond acceptors (Lipinski definition) is 3. The van der Waals surface area contributed by atoms with Gasteiger partial charge in [0.2, 0.25) is 0 Å². The maximum absolute atomic E-state index is 12.3. The van der Waals surface area contributed by atoms with Crippen molar-refractivity contribution in [2.24, 2.45) is 0 Å². The first kappa shape index (κ1) is 17.5. The van der Waals surface area contributed by atoms with Gasteiger partial charge in [0, 0.05) is 12.1 Å². The highest BCUT2D eigenvalue weighted by atomic mass is 16.2. The van der Waals surface area contributed by atoms with E-state index in [4.69, 9.17) is 5.10 Å². The molecule has 1 aliphatic heterocycles. The Bertz CT molecular complexity index is 941. The maximum atomic E-state index is 12.3. The molecule has 27 heavy (non-hydrogen) atoms. The summed E-state index contributed by atoms with van der Waals surface area (Å²) in [5.74, 6) is -0.0776. The van der Waals surface area contributed by atoms with E-state index in [1.807, 2.05) is 22.9 Å². The Morgan fingerprint density at radius 3 is 2.52 bits per heavy atom. The fraction of sp³-hybridized carbons (Fsp3) is 0.273. The Morgan fingerprint density at radius 2 is 1.81 bits per heavy atom. The molecular formula is C22H24N4O. The van der Waals surface area contributed by atoms with E-state index < -0.39 is 0 Å². The van der Waals surface area contributed by atoms with Crippen LogP contribution in [0.25, 0.3) is 11.3 Å². The average molecular weight is 360 g/mol. The Kier molecular flexibility index (Phi) is 4.77. The first-order chi connectivity index (χ1) is 13.1. The molecule has 1 unspecified atom stereocenters. The molecule has 1 aromatic heterocycles. The second-order valence-electron chi connectivity index (χ2n) is 7.00. The average Bonchev–Trinajstić information content (AvgIpc) is 3.15. The van der Waals surface area contributed by atoms with E-state index in [-0.39, 0.29) is 12.1 Å². The van der Waals surface area contributed by atoms with Crippen LogP contribution in [0.15, 0.2) is 54.6 Å². The molecule has 2 aromatic carbocycles. The van der Waals surface area contributed by atoms with Crippen LogP contribution in [-0.2, 0) is 13.0 Å². The van der Waals surface area contributed by atoms with Crippen LogP contribution in [-0.4, -0.2) is 22.2 Å². The van der Waals surface area contributed by atoms with Gasteiger partial charge in [-0.2, -0.15) is 5.10 Å². The van der Waals surface area contributed by atoms with Crippen LogP contribution in [0.2, 0.25) is 0 Å². The minimum atomic E-state index is -0.0776. The van der Waals surface area contributed by atoms with Gasteiger partial charge in [-0.3, -0.25) is 10.1 Å². The van der Waals surface area contributed by atoms with Crippen LogP contribution in [0.3, 0.4) is 0 Å². The third kappa shape index (κ3) is 3.64. The zero-order chi connectivity index (χ0) is 18.8. The van der Waals surface area contributed by atoms with Gasteiger partial charge >= 0.3 is 0 Å². The Hall–Kier alpha value is -2.92. The highest BCUT2D eigenvalue weighted by molar-refractivity contribution is 5.94. The van der Waals surface area contributed by atoms with Crippen LogP contribution in [0.4, 0.5) is 0 Å². The van der Waals surface area contributed by atoms with Crippen molar-refractivity contribution >= 4 is 5.91 Å². The molecular weight excluding hydrogens is 336 g/mol. The number of nitrogens with one attached hydrogen (secondary N) is 2. The van der Waals surface area contributed by atoms with Gasteiger partial charge in [0.25, 0.3) is 5.91 Å². The Morgan fingerprint density at radius 1 is 1.11 bits per heavy atom. The molecule has 138 valence electrons. The quantitative estimate of drug-likeness (QED) is 0.733. The third-order valence-electron chi connectivity index (χ3n) is 5.04. The van der Waals surface area contributed by atoms with Crippen LogP contribution >= 0.6 is 0 Å². The largest absolute Gasteiger partial charge is 0.347 e. The van der Waals surface area contributed by atoms with E-state index >= 15 is 0 Å². The summed E-state index contributed by atoms with van der Waals surface area (Å²) in [5.41, 5.74) is 6.19. The number of aryl methyl sites for hydroxylation is 2. The zero-order valence-electron chi connectivity index (χ0n) is 15.7. The van der Waals surface area contributed by atoms with Gasteiger partial charge in [0.1, 0.15) is 11.9 Å². The molecule has 2 N–H and O–H groups in total. The van der Waals surface area contributed by atoms with Crippen molar-refractivity contribution in [2.45, 2.75) is 33.0 Å². The van der Waals surface area contributed by atoms with Crippen molar-refractivity contribution in [1.29, 1.82) is 0 Å². The Labute approximate surface area is 159 Å². The molecule has 0 saturated carbocycles. The number of benzene rings is 2. The first-order valence-electron chi connectivity index (χ1n) is 9.40. The first-order valence-corrected chi connectivity index (χ1v) is 9.40. The van der Waals surface area contributed by atoms with E-state index in [1.54, 1.807) is 0 Å². The molecule has 0 bridgehead atoms. The predicted octanol–water partition coefficient (Wildman–Crippen LogP) is 3.45. The fourth-order valence-electron chi connectivity index (χ4n) is 3.32. The summed E-state index contributed by atoms with van der Waals surface area (Å²) in [6.45, 7) is 5.46. The van der Waals surface area contributed by atoms with Gasteiger partial charge in [0.15, 0.2) is 0 Å². The standard InChI is InChI=1S/C22H24N4O/c1-3-16-6-8-17(9-7-16)13-23-21-14-24-22(27)20-12-19(25-26(20)21)18-10-4-15(2)5-11-18/h4-12,21,23H,3,13-14H2,1-2H3,(H,24,27). The molecule has 0 fully saturated rings. The van der Waals surface area contributed by atoms with Crippen molar-refractivity contribution in [1.82, 2.24) is 20.4 Å². The lowest BCUT2D eigenvalue weighted by Gasteiger charge is -2.25. The second-order valence-corrected chi connectivity index (χ2v) is 7.00. The molecule has 0 saturated heterocycles. The second kappa shape index (κ2) is 7.37. The molecule has 1 amide bonds. The van der Waals surface area contributed by atoms with Crippen LogP contribution in [0.5, 0.6) is 0 Å². The topological polar surface area (TPSA) is 58.9 Å². The highest BCUT2D eigenvalue weighted by Crippen LogP contribution is 2.23. The van der Waals surface area contributed by atoms with Crippen molar-refractivity contribution in [2.75, 3.05) is 6.54 Å². The van der Waals surface area contributed by atoms with E-state index in [0.717, 1.165) is 24.2 Å². The zero-order valence-corrected chi connectivity index (χ0v) is 15.7. The minimum Gasteiger partial charge on any atom is -0.347 e. The summed E-state index contributed by atoms with van der Waals surface area (Å²) in [7, 11) is 0. The number of hydrogen-bond donors (Lipinski definition) is 2. The fourth-order valence-corrected chi connectivity index (χ4v) is 3.32. The number of nitrogens with zero attached hydrogens (tertiary/aromatic N) is 2. The molecule has 3 aromatic rings. The smallest absolute Gasteiger partial charge is 0.269 e. The lowest BCUT2D eigenvalue weighted by Crippen LogP contribution is -2.45. The molecule has 1 aliphatic rings. The highest BCUT2D eigenvalue weighted by Gasteiger charge is 2.27. The van der Waals surface area contributed by atoms with Gasteiger partial charge < -0.3 is 5.32 Å². The molecule has 5 heteroatoms. The number of fused-ring (bicyclic) bond motifs is 1. The van der Waals surface area contributed by atoms with Crippen molar-refractivity contribution < 1.29 is 4.79 Å². The number of carbonyl (C=O) groups is 1. The third-order valence-corrected chi connectivity index (χ3v) is 5.04. The maximum Gasteiger partial charge on any atom is 0.269 e. The molecule has 5 nitrogen and oxygen atoms in total. The monoisotopic (exact) mass is 360 g/mol. The number of carbonyl (C=O) groups excluding carboxylic acids is 1. The Balaban J connectivity index is 1.55. The van der Waals surface area contributed by atoms with Gasteiger partial charge in [0.05, 0.1) is 12.2 Å². The normalized spacial score (nSPS) is 16.1. The summed E-state index contributed by atoms with van der Waals surface area (Å²) in [5, 5.41) is 11.2. The summed E-state index contributed by atoms with van der Waals surface area (Å²) < 4.78 is 1.81. The van der Waals surface area contributed by atoms with Crippen molar-refractivity contribution in [3.8, 4) is 11.3 Å². The number of amides is 1. The summed E-state index contributed by atoms with van der Waals surface area (Å²) >= 11 is 0. The van der Waals surface area contributed by atoms with Crippen molar-refractivity contribution in [3.63, 3.8) is 0 Å². The van der Waals surface area contributed by atoms with E-state index in [1.165, 1.54) is 16.7 Å². The van der Waals surface area contributed by atoms with Crippen LogP contribution in [0.1, 0.15) is 40.3 Å². The van der Waals surface area contributed by atoms with Gasteiger partial charge in [-0.15, -0.1) is 0 Å². The SMILES string of the molecule is CCc1ccc(CNC2CNC(=O)c3cc(-c4ccc(C)cc4)nn32)cc1. The molecule has 0 radical (unpaired) electrons. The van der Waals surface area contributed by atoms with E-state index in [2.05, 4.69) is 60.9 Å². The predicted molar refractivity (Wildman–Crippen MR) is 106 cm³/mol. The molecule has 2 heterocycles. The van der Waals surface area contributed by atoms with Crippen molar-refractivity contribution in [3.05, 3.63) is 77.0 Å². The van der Waals surface area contributed by atoms with Crippen LogP contribution in [0, 0.1) is 6.92 Å². The lowest BCUT2D eigenvalue weighted by atomic mass is 10.1. The molecule has 1 atom stereocenters. The van der Waals surface area contributed by atoms with Gasteiger partial charge in [-0.1, -0.05) is 61.0 Å². The van der Waals surface area contributed by atoms with Gasteiger partial charge in [-0.05, 0) is 30.5 Å². The van der Waals surface area contributed by atoms with Gasteiger partial charge in [-0.25, -0.2) is 4.68 Å². The summed E-state index contributed by atoms with van der Waals surface area (Å²) in [6.07, 6.45) is 0.976. The van der Waals surface area contributed by atoms with E-state index in [0.29, 0.717) is 12.2 Å². The summed E-state index contributed by atoms with van der Waals surface area (Å²) in [4.78, 5) is 12.3. The minimum absolute atomic E-state index is 0.0669. The molecule has 4 rings (SSSR count). The lowest BCUT2D eigenvalue weighted by molar-refractivity contribution is 0.0900. The summed E-state index contributed by atoms with van der Waals surface area (Å²) in [6, 6.07) is 18.7.